The molecule has 0 saturated carbocycles. The van der Waals surface area contributed by atoms with Crippen LogP contribution in [0.4, 0.5) is 9.52 Å². The van der Waals surface area contributed by atoms with Crippen LogP contribution in [0, 0.1) is 5.82 Å². The number of thioether (sulfide) groups is 1. The van der Waals surface area contributed by atoms with Crippen LogP contribution in [0.25, 0.3) is 0 Å². The van der Waals surface area contributed by atoms with Gasteiger partial charge in [-0.1, -0.05) is 35.2 Å². The van der Waals surface area contributed by atoms with Crippen molar-refractivity contribution >= 4 is 34.1 Å². The second kappa shape index (κ2) is 6.48. The van der Waals surface area contributed by atoms with Crippen LogP contribution in [0.1, 0.15) is 5.56 Å². The minimum atomic E-state index is -0.388. The number of halogens is 1. The molecule has 0 aliphatic carbocycles. The van der Waals surface area contributed by atoms with Gasteiger partial charge in [-0.2, -0.15) is 0 Å². The lowest BCUT2D eigenvalue weighted by atomic mass is 10.2. The number of benzene rings is 1. The summed E-state index contributed by atoms with van der Waals surface area (Å²) in [5.41, 5.74) is 5.99. The average molecular weight is 298 g/mol. The van der Waals surface area contributed by atoms with Crippen molar-refractivity contribution in [2.45, 2.75) is 10.9 Å². The van der Waals surface area contributed by atoms with Crippen molar-refractivity contribution in [3.05, 3.63) is 35.6 Å². The summed E-state index contributed by atoms with van der Waals surface area (Å²) < 4.78 is 13.4. The van der Waals surface area contributed by atoms with Crippen LogP contribution >= 0.6 is 23.1 Å². The van der Waals surface area contributed by atoms with Crippen molar-refractivity contribution in [2.24, 2.45) is 5.73 Å². The molecule has 0 aliphatic rings. The molecule has 0 aliphatic heterocycles. The van der Waals surface area contributed by atoms with Gasteiger partial charge in [-0.05, 0) is 17.7 Å². The van der Waals surface area contributed by atoms with Crippen LogP contribution in [0.2, 0.25) is 0 Å². The first-order valence-corrected chi connectivity index (χ1v) is 7.16. The van der Waals surface area contributed by atoms with Crippen LogP contribution in [-0.4, -0.2) is 21.9 Å². The molecule has 0 unspecified atom stereocenters. The van der Waals surface area contributed by atoms with Crippen molar-refractivity contribution < 1.29 is 9.18 Å². The van der Waals surface area contributed by atoms with Crippen LogP contribution < -0.4 is 11.1 Å². The van der Waals surface area contributed by atoms with Crippen molar-refractivity contribution in [1.29, 1.82) is 0 Å². The van der Waals surface area contributed by atoms with Gasteiger partial charge in [0.15, 0.2) is 4.34 Å². The first-order valence-electron chi connectivity index (χ1n) is 5.36. The summed E-state index contributed by atoms with van der Waals surface area (Å²) >= 11 is 2.60. The summed E-state index contributed by atoms with van der Waals surface area (Å²) in [4.78, 5) is 10.6. The van der Waals surface area contributed by atoms with Gasteiger partial charge < -0.3 is 11.1 Å². The van der Waals surface area contributed by atoms with Crippen LogP contribution in [0.3, 0.4) is 0 Å². The highest BCUT2D eigenvalue weighted by molar-refractivity contribution is 8.01. The fourth-order valence-electron chi connectivity index (χ4n) is 1.25. The number of amides is 1. The number of carbonyl (C=O) groups excluding carboxylic acids is 1. The Hall–Kier alpha value is -1.67. The summed E-state index contributed by atoms with van der Waals surface area (Å²) in [6.07, 6.45) is 0. The Morgan fingerprint density at radius 1 is 1.37 bits per heavy atom. The first-order chi connectivity index (χ1) is 9.13. The van der Waals surface area contributed by atoms with Gasteiger partial charge >= 0.3 is 0 Å². The molecule has 8 heteroatoms. The minimum Gasteiger partial charge on any atom is -0.369 e. The van der Waals surface area contributed by atoms with E-state index in [4.69, 9.17) is 5.73 Å². The maximum atomic E-state index is 12.7. The summed E-state index contributed by atoms with van der Waals surface area (Å²) in [6, 6.07) is 6.22. The highest BCUT2D eigenvalue weighted by Crippen LogP contribution is 2.25. The standard InChI is InChI=1S/C11H11FN4OS2/c12-8-3-1-7(2-4-8)5-14-10-15-16-11(19-10)18-6-9(13)17/h1-4H,5-6H2,(H2,13,17)(H,14,15). The SMILES string of the molecule is NC(=O)CSc1nnc(NCc2ccc(F)cc2)s1. The van der Waals surface area contributed by atoms with Gasteiger partial charge in [0, 0.05) is 6.54 Å². The number of nitrogens with zero attached hydrogens (tertiary/aromatic N) is 2. The Morgan fingerprint density at radius 2 is 2.11 bits per heavy atom. The van der Waals surface area contributed by atoms with Crippen molar-refractivity contribution in [3.63, 3.8) is 0 Å². The fraction of sp³-hybridized carbons (Fsp3) is 0.182. The summed E-state index contributed by atoms with van der Waals surface area (Å²) in [5.74, 6) is -0.460. The Bertz CT molecular complexity index is 558. The molecule has 1 amide bonds. The van der Waals surface area contributed by atoms with Gasteiger partial charge in [-0.15, -0.1) is 10.2 Å². The van der Waals surface area contributed by atoms with Crippen molar-refractivity contribution in [3.8, 4) is 0 Å². The molecule has 2 aromatic rings. The number of rotatable bonds is 6. The zero-order valence-corrected chi connectivity index (χ0v) is 11.4. The van der Waals surface area contributed by atoms with Gasteiger partial charge in [0.25, 0.3) is 0 Å². The van der Waals surface area contributed by atoms with E-state index in [0.29, 0.717) is 16.0 Å². The predicted molar refractivity (Wildman–Crippen MR) is 73.6 cm³/mol. The van der Waals surface area contributed by atoms with Crippen molar-refractivity contribution in [1.82, 2.24) is 10.2 Å². The molecule has 0 saturated heterocycles. The quantitative estimate of drug-likeness (QED) is 0.796. The number of carbonyl (C=O) groups is 1. The van der Waals surface area contributed by atoms with Gasteiger partial charge in [0.1, 0.15) is 5.82 Å². The first kappa shape index (κ1) is 13.8. The molecule has 3 N–H and O–H groups in total. The van der Waals surface area contributed by atoms with E-state index < -0.39 is 0 Å². The Kier molecular flexibility index (Phi) is 4.69. The third-order valence-electron chi connectivity index (χ3n) is 2.10. The molecule has 0 radical (unpaired) electrons. The number of anilines is 1. The maximum Gasteiger partial charge on any atom is 0.227 e. The topological polar surface area (TPSA) is 80.9 Å². The monoisotopic (exact) mass is 298 g/mol. The number of nitrogens with two attached hydrogens (primary N) is 1. The molecule has 1 aromatic heterocycles. The Labute approximate surface area is 117 Å². The van der Waals surface area contributed by atoms with Crippen LogP contribution in [0.5, 0.6) is 0 Å². The largest absolute Gasteiger partial charge is 0.369 e. The van der Waals surface area contributed by atoms with E-state index in [2.05, 4.69) is 15.5 Å². The molecule has 0 fully saturated rings. The number of aromatic nitrogens is 2. The van der Waals surface area contributed by atoms with E-state index in [1.807, 2.05) is 0 Å². The normalized spacial score (nSPS) is 10.4. The fourth-order valence-corrected chi connectivity index (χ4v) is 2.74. The molecule has 1 heterocycles. The lowest BCUT2D eigenvalue weighted by Gasteiger charge is -2.01. The minimum absolute atomic E-state index is 0.187. The van der Waals surface area contributed by atoms with Crippen molar-refractivity contribution in [2.75, 3.05) is 11.1 Å². The zero-order chi connectivity index (χ0) is 13.7. The Morgan fingerprint density at radius 3 is 2.79 bits per heavy atom. The smallest absolute Gasteiger partial charge is 0.227 e. The van der Waals surface area contributed by atoms with E-state index in [0.717, 1.165) is 5.56 Å². The number of primary amides is 1. The average Bonchev–Trinajstić information content (AvgIpc) is 2.84. The molecular weight excluding hydrogens is 287 g/mol. The maximum absolute atomic E-state index is 12.7. The summed E-state index contributed by atoms with van der Waals surface area (Å²) in [7, 11) is 0. The van der Waals surface area contributed by atoms with Crippen LogP contribution in [-0.2, 0) is 11.3 Å². The number of hydrogen-bond donors (Lipinski definition) is 2. The molecular formula is C11H11FN4OS2. The van der Waals surface area contributed by atoms with Gasteiger partial charge in [0.05, 0.1) is 5.75 Å². The highest BCUT2D eigenvalue weighted by Gasteiger charge is 2.06. The molecule has 0 spiro atoms. The second-order valence-corrected chi connectivity index (χ2v) is 5.81. The third kappa shape index (κ3) is 4.49. The van der Waals surface area contributed by atoms with E-state index in [1.54, 1.807) is 12.1 Å². The molecule has 5 nitrogen and oxygen atoms in total. The highest BCUT2D eigenvalue weighted by atomic mass is 32.2. The van der Waals surface area contributed by atoms with Gasteiger partial charge in [0.2, 0.25) is 11.0 Å². The molecule has 0 atom stereocenters. The van der Waals surface area contributed by atoms with E-state index >= 15 is 0 Å². The lowest BCUT2D eigenvalue weighted by molar-refractivity contribution is -0.115. The van der Waals surface area contributed by atoms with Crippen LogP contribution in [0.15, 0.2) is 28.6 Å². The third-order valence-corrected chi connectivity index (χ3v) is 4.14. The predicted octanol–water partition coefficient (Wildman–Crippen LogP) is 1.87. The molecule has 19 heavy (non-hydrogen) atoms. The van der Waals surface area contributed by atoms with E-state index in [9.17, 15) is 9.18 Å². The molecule has 1 aromatic carbocycles. The van der Waals surface area contributed by atoms with Gasteiger partial charge in [-0.25, -0.2) is 4.39 Å². The lowest BCUT2D eigenvalue weighted by Crippen LogP contribution is -2.12. The summed E-state index contributed by atoms with van der Waals surface area (Å²) in [6.45, 7) is 0.537. The molecule has 100 valence electrons. The van der Waals surface area contributed by atoms with Gasteiger partial charge in [-0.3, -0.25) is 4.79 Å². The Balaban J connectivity index is 1.86. The second-order valence-electron chi connectivity index (χ2n) is 3.61. The number of nitrogens with one attached hydrogen (secondary N) is 1. The van der Waals surface area contributed by atoms with E-state index in [1.165, 1.54) is 35.2 Å². The molecule has 0 bridgehead atoms. The summed E-state index contributed by atoms with van der Waals surface area (Å²) in [5, 5.41) is 11.6. The number of hydrogen-bond acceptors (Lipinski definition) is 6. The van der Waals surface area contributed by atoms with E-state index in [-0.39, 0.29) is 17.5 Å². The zero-order valence-electron chi connectivity index (χ0n) is 9.80. The molecule has 2 rings (SSSR count).